The fourth-order valence-corrected chi connectivity index (χ4v) is 1.93. The van der Waals surface area contributed by atoms with Gasteiger partial charge >= 0.3 is 16.3 Å². The summed E-state index contributed by atoms with van der Waals surface area (Å²) in [4.78, 5) is 11.2. The number of ether oxygens (including phenoxy) is 1. The van der Waals surface area contributed by atoms with Crippen molar-refractivity contribution in [2.75, 3.05) is 13.6 Å². The molecule has 0 aromatic rings. The molecule has 0 bridgehead atoms. The lowest BCUT2D eigenvalue weighted by Crippen LogP contribution is -2.45. The van der Waals surface area contributed by atoms with E-state index in [0.29, 0.717) is 0 Å². The smallest absolute Gasteiger partial charge is 0.422 e. The zero-order valence-corrected chi connectivity index (χ0v) is 12.1. The second-order valence-corrected chi connectivity index (χ2v) is 6.05. The number of hydrogen-bond donors (Lipinski definition) is 3. The van der Waals surface area contributed by atoms with E-state index in [2.05, 4.69) is 9.89 Å². The quantitative estimate of drug-likeness (QED) is 0.266. The molecule has 1 unspecified atom stereocenters. The summed E-state index contributed by atoms with van der Waals surface area (Å²) in [5.74, 6) is -0.612. The Hall–Kier alpha value is -1.55. The molecule has 0 saturated carbocycles. The lowest BCUT2D eigenvalue weighted by Gasteiger charge is -2.20. The SMILES string of the molecule is CC(C)OC(=O)NS(=O)(=O)N(C)CC(C)C(N)=NO. The highest BCUT2D eigenvalue weighted by Gasteiger charge is 2.24. The fraction of sp³-hybridized carbons (Fsp3) is 0.778. The highest BCUT2D eigenvalue weighted by atomic mass is 32.2. The van der Waals surface area contributed by atoms with Crippen LogP contribution in [0.25, 0.3) is 0 Å². The number of carbonyl (C=O) groups is 1. The maximum atomic E-state index is 11.7. The third-order valence-electron chi connectivity index (χ3n) is 2.12. The van der Waals surface area contributed by atoms with Crippen LogP contribution in [0, 0.1) is 5.92 Å². The number of nitrogens with two attached hydrogens (primary N) is 1. The van der Waals surface area contributed by atoms with E-state index in [1.165, 1.54) is 7.05 Å². The van der Waals surface area contributed by atoms with Gasteiger partial charge in [-0.1, -0.05) is 12.1 Å². The van der Waals surface area contributed by atoms with Gasteiger partial charge in [-0.15, -0.1) is 0 Å². The standard InChI is InChI=1S/C9H20N4O5S/c1-6(2)18-9(14)12-19(16,17)13(4)5-7(3)8(10)11-15/h6-7,15H,5H2,1-4H3,(H2,10,11)(H,12,14). The Labute approximate surface area is 112 Å². The molecule has 19 heavy (non-hydrogen) atoms. The van der Waals surface area contributed by atoms with E-state index in [4.69, 9.17) is 10.9 Å². The average molecular weight is 296 g/mol. The molecule has 0 aliphatic heterocycles. The van der Waals surface area contributed by atoms with E-state index in [9.17, 15) is 13.2 Å². The van der Waals surface area contributed by atoms with E-state index in [1.54, 1.807) is 25.5 Å². The maximum absolute atomic E-state index is 11.7. The van der Waals surface area contributed by atoms with Crippen LogP contribution in [0.5, 0.6) is 0 Å². The Kier molecular flexibility index (Phi) is 6.56. The van der Waals surface area contributed by atoms with Gasteiger partial charge in [-0.25, -0.2) is 9.52 Å². The Bertz CT molecular complexity index is 434. The first kappa shape index (κ1) is 17.4. The Morgan fingerprint density at radius 2 is 2.00 bits per heavy atom. The molecule has 0 fully saturated rings. The molecule has 0 heterocycles. The van der Waals surface area contributed by atoms with E-state index in [-0.39, 0.29) is 12.4 Å². The molecule has 0 saturated heterocycles. The number of nitrogens with one attached hydrogen (secondary N) is 1. The number of nitrogens with zero attached hydrogens (tertiary/aromatic N) is 2. The molecule has 9 nitrogen and oxygen atoms in total. The van der Waals surface area contributed by atoms with Gasteiger partial charge in [0.25, 0.3) is 0 Å². The molecule has 1 atom stereocenters. The summed E-state index contributed by atoms with van der Waals surface area (Å²) in [5, 5.41) is 11.3. The Morgan fingerprint density at radius 3 is 2.42 bits per heavy atom. The van der Waals surface area contributed by atoms with Crippen molar-refractivity contribution < 1.29 is 23.2 Å². The lowest BCUT2D eigenvalue weighted by atomic mass is 10.2. The highest BCUT2D eigenvalue weighted by molar-refractivity contribution is 7.87. The van der Waals surface area contributed by atoms with E-state index in [0.717, 1.165) is 4.31 Å². The van der Waals surface area contributed by atoms with Crippen molar-refractivity contribution in [3.8, 4) is 0 Å². The number of hydrogen-bond acceptors (Lipinski definition) is 6. The highest BCUT2D eigenvalue weighted by Crippen LogP contribution is 2.03. The predicted molar refractivity (Wildman–Crippen MR) is 68.9 cm³/mol. The zero-order valence-electron chi connectivity index (χ0n) is 11.3. The minimum absolute atomic E-state index is 0.0554. The van der Waals surface area contributed by atoms with Gasteiger partial charge in [-0.2, -0.15) is 12.7 Å². The number of amidine groups is 1. The minimum Gasteiger partial charge on any atom is -0.446 e. The Morgan fingerprint density at radius 1 is 1.47 bits per heavy atom. The van der Waals surface area contributed by atoms with Crippen LogP contribution in [0.15, 0.2) is 5.16 Å². The van der Waals surface area contributed by atoms with Gasteiger partial charge in [-0.3, -0.25) is 0 Å². The summed E-state index contributed by atoms with van der Waals surface area (Å²) in [6.07, 6.45) is -1.49. The number of amides is 1. The van der Waals surface area contributed by atoms with Gasteiger partial charge in [0.15, 0.2) is 0 Å². The van der Waals surface area contributed by atoms with Crippen molar-refractivity contribution in [1.82, 2.24) is 9.03 Å². The summed E-state index contributed by atoms with van der Waals surface area (Å²) in [6.45, 7) is 4.71. The van der Waals surface area contributed by atoms with Crippen LogP contribution in [0.1, 0.15) is 20.8 Å². The summed E-state index contributed by atoms with van der Waals surface area (Å²) in [5.41, 5.74) is 5.34. The molecule has 10 heteroatoms. The summed E-state index contributed by atoms with van der Waals surface area (Å²) < 4.78 is 30.8. The predicted octanol–water partition coefficient (Wildman–Crippen LogP) is -0.320. The third kappa shape index (κ3) is 6.25. The maximum Gasteiger partial charge on any atom is 0.422 e. The molecule has 0 radical (unpaired) electrons. The van der Waals surface area contributed by atoms with Gasteiger partial charge in [0.1, 0.15) is 5.84 Å². The average Bonchev–Trinajstić information content (AvgIpc) is 2.25. The van der Waals surface area contributed by atoms with Crippen molar-refractivity contribution in [3.63, 3.8) is 0 Å². The van der Waals surface area contributed by atoms with Crippen molar-refractivity contribution in [2.24, 2.45) is 16.8 Å². The van der Waals surface area contributed by atoms with Gasteiger partial charge in [0.2, 0.25) is 0 Å². The molecule has 4 N–H and O–H groups in total. The van der Waals surface area contributed by atoms with Gasteiger partial charge in [-0.05, 0) is 13.8 Å². The number of oxime groups is 1. The molecule has 0 aromatic heterocycles. The van der Waals surface area contributed by atoms with Gasteiger partial charge < -0.3 is 15.7 Å². The molecule has 0 aliphatic carbocycles. The van der Waals surface area contributed by atoms with E-state index in [1.807, 2.05) is 0 Å². The Balaban J connectivity index is 4.61. The molecule has 0 rings (SSSR count). The van der Waals surface area contributed by atoms with Crippen LogP contribution in [0.4, 0.5) is 4.79 Å². The second-order valence-electron chi connectivity index (χ2n) is 4.27. The summed E-state index contributed by atoms with van der Waals surface area (Å²) in [7, 11) is -2.77. The largest absolute Gasteiger partial charge is 0.446 e. The molecular weight excluding hydrogens is 276 g/mol. The summed E-state index contributed by atoms with van der Waals surface area (Å²) in [6, 6.07) is 0. The molecule has 0 aromatic carbocycles. The van der Waals surface area contributed by atoms with Crippen LogP contribution in [-0.4, -0.2) is 49.6 Å². The molecule has 1 amide bonds. The summed E-state index contributed by atoms with van der Waals surface area (Å²) >= 11 is 0. The van der Waals surface area contributed by atoms with Crippen LogP contribution in [0.2, 0.25) is 0 Å². The second kappa shape index (κ2) is 7.14. The first-order valence-electron chi connectivity index (χ1n) is 5.52. The van der Waals surface area contributed by atoms with Crippen LogP contribution >= 0.6 is 0 Å². The van der Waals surface area contributed by atoms with Crippen molar-refractivity contribution in [1.29, 1.82) is 0 Å². The lowest BCUT2D eigenvalue weighted by molar-refractivity contribution is 0.121. The molecular formula is C9H20N4O5S. The minimum atomic E-state index is -4.03. The number of carbonyl (C=O) groups excluding carboxylic acids is 1. The monoisotopic (exact) mass is 296 g/mol. The van der Waals surface area contributed by atoms with Gasteiger partial charge in [0, 0.05) is 19.5 Å². The third-order valence-corrected chi connectivity index (χ3v) is 3.51. The van der Waals surface area contributed by atoms with Crippen molar-refractivity contribution in [3.05, 3.63) is 0 Å². The van der Waals surface area contributed by atoms with Crippen LogP contribution in [-0.2, 0) is 14.9 Å². The van der Waals surface area contributed by atoms with E-state index >= 15 is 0 Å². The topological polar surface area (TPSA) is 134 Å². The molecule has 0 aliphatic rings. The fourth-order valence-electron chi connectivity index (χ4n) is 1.10. The molecule has 112 valence electrons. The van der Waals surface area contributed by atoms with Crippen LogP contribution < -0.4 is 10.5 Å². The van der Waals surface area contributed by atoms with E-state index < -0.39 is 28.3 Å². The van der Waals surface area contributed by atoms with Crippen molar-refractivity contribution in [2.45, 2.75) is 26.9 Å². The van der Waals surface area contributed by atoms with Crippen LogP contribution in [0.3, 0.4) is 0 Å². The zero-order chi connectivity index (χ0) is 15.2. The number of rotatable bonds is 6. The first-order valence-corrected chi connectivity index (χ1v) is 6.96. The van der Waals surface area contributed by atoms with Gasteiger partial charge in [0.05, 0.1) is 6.10 Å². The molecule has 0 spiro atoms. The van der Waals surface area contributed by atoms with Crippen molar-refractivity contribution >= 4 is 22.1 Å². The normalized spacial score (nSPS) is 14.5. The first-order chi connectivity index (χ1) is 8.60.